The van der Waals surface area contributed by atoms with Crippen LogP contribution in [0.4, 0.5) is 5.69 Å². The van der Waals surface area contributed by atoms with E-state index in [0.29, 0.717) is 4.32 Å². The van der Waals surface area contributed by atoms with Crippen LogP contribution in [0.5, 0.6) is 0 Å². The van der Waals surface area contributed by atoms with Crippen molar-refractivity contribution in [2.45, 2.75) is 31.9 Å². The molecule has 20 heavy (non-hydrogen) atoms. The first-order chi connectivity index (χ1) is 9.51. The number of para-hydroxylation sites is 1. The molecule has 4 nitrogen and oxygen atoms in total. The molecule has 2 rings (SSSR count). The number of hydrogen-bond donors (Lipinski definition) is 2. The van der Waals surface area contributed by atoms with Crippen LogP contribution >= 0.6 is 24.0 Å². The summed E-state index contributed by atoms with van der Waals surface area (Å²) in [6.45, 7) is 4.00. The molecule has 106 valence electrons. The highest BCUT2D eigenvalue weighted by molar-refractivity contribution is 8.24. The number of carbonyl (C=O) groups is 2. The SMILES string of the molecule is CCc1cccc(C)c1NC(=O)C[C@H]1SC(=S)NC1=O. The lowest BCUT2D eigenvalue weighted by Crippen LogP contribution is -2.27. The first kappa shape index (κ1) is 15.0. The van der Waals surface area contributed by atoms with Crippen LogP contribution in [0.3, 0.4) is 0 Å². The van der Waals surface area contributed by atoms with Crippen LogP contribution in [0.25, 0.3) is 0 Å². The Balaban J connectivity index is 2.05. The standard InChI is InChI=1S/C14H16N2O2S2/c1-3-9-6-4-5-8(2)12(9)15-11(17)7-10-13(18)16-14(19)20-10/h4-6,10H,3,7H2,1-2H3,(H,15,17)(H,16,18,19)/t10-/m1/s1. The number of nitrogens with one attached hydrogen (secondary N) is 2. The second kappa shape index (κ2) is 6.37. The minimum Gasteiger partial charge on any atom is -0.326 e. The maximum Gasteiger partial charge on any atom is 0.239 e. The van der Waals surface area contributed by atoms with Crippen molar-refractivity contribution >= 4 is 45.8 Å². The number of anilines is 1. The van der Waals surface area contributed by atoms with Gasteiger partial charge in [-0.1, -0.05) is 49.1 Å². The zero-order chi connectivity index (χ0) is 14.7. The molecule has 0 radical (unpaired) electrons. The summed E-state index contributed by atoms with van der Waals surface area (Å²) in [5.74, 6) is -0.345. The van der Waals surface area contributed by atoms with Crippen molar-refractivity contribution in [2.24, 2.45) is 0 Å². The smallest absolute Gasteiger partial charge is 0.239 e. The van der Waals surface area contributed by atoms with Gasteiger partial charge in [-0.15, -0.1) is 0 Å². The zero-order valence-electron chi connectivity index (χ0n) is 11.4. The maximum absolute atomic E-state index is 12.1. The van der Waals surface area contributed by atoms with E-state index in [1.165, 1.54) is 11.8 Å². The Morgan fingerprint density at radius 2 is 2.25 bits per heavy atom. The molecule has 0 aromatic heterocycles. The van der Waals surface area contributed by atoms with Gasteiger partial charge < -0.3 is 10.6 Å². The van der Waals surface area contributed by atoms with Crippen molar-refractivity contribution in [1.82, 2.24) is 5.32 Å². The molecular weight excluding hydrogens is 292 g/mol. The normalized spacial score (nSPS) is 18.0. The molecule has 2 amide bonds. The van der Waals surface area contributed by atoms with E-state index in [9.17, 15) is 9.59 Å². The van der Waals surface area contributed by atoms with Crippen LogP contribution in [-0.4, -0.2) is 21.4 Å². The summed E-state index contributed by atoms with van der Waals surface area (Å²) in [7, 11) is 0. The number of carbonyl (C=O) groups excluding carboxylic acids is 2. The van der Waals surface area contributed by atoms with Crippen molar-refractivity contribution < 1.29 is 9.59 Å². The predicted molar refractivity (Wildman–Crippen MR) is 85.9 cm³/mol. The van der Waals surface area contributed by atoms with Crippen LogP contribution in [-0.2, 0) is 16.0 Å². The number of aryl methyl sites for hydroxylation is 2. The highest BCUT2D eigenvalue weighted by Gasteiger charge is 2.31. The summed E-state index contributed by atoms with van der Waals surface area (Å²) >= 11 is 6.15. The van der Waals surface area contributed by atoms with Gasteiger partial charge in [0.25, 0.3) is 0 Å². The molecule has 2 N–H and O–H groups in total. The molecule has 1 aromatic rings. The summed E-state index contributed by atoms with van der Waals surface area (Å²) in [6, 6.07) is 5.93. The Labute approximate surface area is 127 Å². The fourth-order valence-electron chi connectivity index (χ4n) is 2.09. The van der Waals surface area contributed by atoms with Crippen molar-refractivity contribution in [3.8, 4) is 0 Å². The van der Waals surface area contributed by atoms with Crippen LogP contribution in [0.2, 0.25) is 0 Å². The van der Waals surface area contributed by atoms with Gasteiger partial charge in [0.15, 0.2) is 0 Å². The molecule has 0 saturated carbocycles. The van der Waals surface area contributed by atoms with Gasteiger partial charge >= 0.3 is 0 Å². The lowest BCUT2D eigenvalue weighted by Gasteiger charge is -2.13. The van der Waals surface area contributed by atoms with Crippen LogP contribution < -0.4 is 10.6 Å². The second-order valence-corrected chi connectivity index (χ2v) is 6.48. The number of rotatable bonds is 4. The first-order valence-corrected chi connectivity index (χ1v) is 7.70. The number of amides is 2. The summed E-state index contributed by atoms with van der Waals surface area (Å²) in [5.41, 5.74) is 2.97. The van der Waals surface area contributed by atoms with E-state index in [0.717, 1.165) is 23.2 Å². The van der Waals surface area contributed by atoms with Gasteiger partial charge in [0.2, 0.25) is 11.8 Å². The third-order valence-electron chi connectivity index (χ3n) is 3.14. The summed E-state index contributed by atoms with van der Waals surface area (Å²) in [6.07, 6.45) is 0.980. The Hall–Kier alpha value is -1.40. The van der Waals surface area contributed by atoms with Crippen molar-refractivity contribution in [3.63, 3.8) is 0 Å². The summed E-state index contributed by atoms with van der Waals surface area (Å²) in [4.78, 5) is 23.7. The predicted octanol–water partition coefficient (Wildman–Crippen LogP) is 2.40. The molecule has 6 heteroatoms. The van der Waals surface area contributed by atoms with Crippen molar-refractivity contribution in [3.05, 3.63) is 29.3 Å². The van der Waals surface area contributed by atoms with E-state index in [4.69, 9.17) is 12.2 Å². The molecule has 0 bridgehead atoms. The number of thiocarbonyl (C=S) groups is 1. The van der Waals surface area contributed by atoms with E-state index >= 15 is 0 Å². The van der Waals surface area contributed by atoms with Gasteiger partial charge in [-0.25, -0.2) is 0 Å². The molecule has 1 heterocycles. The average molecular weight is 308 g/mol. The first-order valence-electron chi connectivity index (χ1n) is 6.41. The Bertz CT molecular complexity index is 572. The van der Waals surface area contributed by atoms with Crippen molar-refractivity contribution in [1.29, 1.82) is 0 Å². The zero-order valence-corrected chi connectivity index (χ0v) is 13.0. The van der Waals surface area contributed by atoms with Gasteiger partial charge in [-0.3, -0.25) is 9.59 Å². The van der Waals surface area contributed by atoms with E-state index in [2.05, 4.69) is 10.6 Å². The largest absolute Gasteiger partial charge is 0.326 e. The molecule has 1 fully saturated rings. The molecule has 1 aliphatic rings. The fourth-order valence-corrected chi connectivity index (χ4v) is 3.36. The van der Waals surface area contributed by atoms with E-state index in [1.807, 2.05) is 32.0 Å². The van der Waals surface area contributed by atoms with Crippen LogP contribution in [0.15, 0.2) is 18.2 Å². The van der Waals surface area contributed by atoms with Gasteiger partial charge in [-0.05, 0) is 24.5 Å². The molecule has 1 aliphatic heterocycles. The van der Waals surface area contributed by atoms with Gasteiger partial charge in [0.1, 0.15) is 4.32 Å². The lowest BCUT2D eigenvalue weighted by atomic mass is 10.1. The number of hydrogen-bond acceptors (Lipinski definition) is 4. The third kappa shape index (κ3) is 3.37. The number of benzene rings is 1. The Kier molecular flexibility index (Phi) is 4.77. The van der Waals surface area contributed by atoms with E-state index < -0.39 is 5.25 Å². The Morgan fingerprint density at radius 3 is 2.85 bits per heavy atom. The number of thioether (sulfide) groups is 1. The molecule has 1 aromatic carbocycles. The molecule has 1 saturated heterocycles. The summed E-state index contributed by atoms with van der Waals surface area (Å²) in [5, 5.41) is 5.04. The minimum atomic E-state index is -0.420. The third-order valence-corrected chi connectivity index (χ3v) is 4.51. The van der Waals surface area contributed by atoms with Gasteiger partial charge in [0.05, 0.1) is 5.25 Å². The van der Waals surface area contributed by atoms with Crippen LogP contribution in [0, 0.1) is 6.92 Å². The monoisotopic (exact) mass is 308 g/mol. The lowest BCUT2D eigenvalue weighted by molar-refractivity contribution is -0.122. The quantitative estimate of drug-likeness (QED) is 0.839. The molecule has 0 aliphatic carbocycles. The molecule has 1 atom stereocenters. The molecule has 0 spiro atoms. The molecular formula is C14H16N2O2S2. The molecule has 0 unspecified atom stereocenters. The summed E-state index contributed by atoms with van der Waals surface area (Å²) < 4.78 is 0.443. The highest BCUT2D eigenvalue weighted by atomic mass is 32.2. The van der Waals surface area contributed by atoms with Crippen LogP contribution in [0.1, 0.15) is 24.5 Å². The second-order valence-electron chi connectivity index (χ2n) is 4.60. The van der Waals surface area contributed by atoms with E-state index in [1.54, 1.807) is 0 Å². The van der Waals surface area contributed by atoms with E-state index in [-0.39, 0.29) is 18.2 Å². The fraction of sp³-hybridized carbons (Fsp3) is 0.357. The average Bonchev–Trinajstić information content (AvgIpc) is 2.70. The Morgan fingerprint density at radius 1 is 1.50 bits per heavy atom. The van der Waals surface area contributed by atoms with Gasteiger partial charge in [-0.2, -0.15) is 0 Å². The minimum absolute atomic E-state index is 0.133. The van der Waals surface area contributed by atoms with Crippen molar-refractivity contribution in [2.75, 3.05) is 5.32 Å². The van der Waals surface area contributed by atoms with Gasteiger partial charge in [0, 0.05) is 12.1 Å². The maximum atomic E-state index is 12.1. The topological polar surface area (TPSA) is 58.2 Å². The highest BCUT2D eigenvalue weighted by Crippen LogP contribution is 2.25.